The van der Waals surface area contributed by atoms with E-state index in [9.17, 15) is 8.42 Å². The number of benzene rings is 1. The minimum atomic E-state index is -3.27. The number of nitrogens with zero attached hydrogens (tertiary/aromatic N) is 1. The molecule has 1 fully saturated rings. The van der Waals surface area contributed by atoms with E-state index in [1.807, 2.05) is 0 Å². The number of hydrogen-bond acceptors (Lipinski definition) is 3. The smallest absolute Gasteiger partial charge is 0.191 e. The number of sulfone groups is 1. The summed E-state index contributed by atoms with van der Waals surface area (Å²) < 4.78 is 25.2. The van der Waals surface area contributed by atoms with E-state index >= 15 is 0 Å². The molecule has 1 aromatic carbocycles. The van der Waals surface area contributed by atoms with E-state index in [4.69, 9.17) is 0 Å². The molecule has 0 bridgehead atoms. The Balaban J connectivity index is 0.00000242. The first-order valence-electron chi connectivity index (χ1n) is 6.88. The van der Waals surface area contributed by atoms with Crippen LogP contribution in [-0.2, 0) is 9.84 Å². The molecule has 1 aromatic rings. The molecular weight excluding hydrogens is 481 g/mol. The first-order valence-corrected chi connectivity index (χ1v) is 9.32. The molecule has 2 unspecified atom stereocenters. The van der Waals surface area contributed by atoms with E-state index in [2.05, 4.69) is 38.5 Å². The third kappa shape index (κ3) is 5.69. The number of nitrogens with one attached hydrogen (secondary N) is 2. The highest BCUT2D eigenvalue weighted by Gasteiger charge is 2.33. The van der Waals surface area contributed by atoms with Crippen LogP contribution in [0.15, 0.2) is 38.6 Å². The Morgan fingerprint density at radius 1 is 1.36 bits per heavy atom. The van der Waals surface area contributed by atoms with Crippen LogP contribution in [0.4, 0.5) is 0 Å². The largest absolute Gasteiger partial charge is 0.355 e. The number of hydrogen-bond donors (Lipinski definition) is 2. The van der Waals surface area contributed by atoms with Crippen molar-refractivity contribution in [2.24, 2.45) is 10.9 Å². The lowest BCUT2D eigenvalue weighted by Crippen LogP contribution is -2.41. The fourth-order valence-electron chi connectivity index (χ4n) is 1.96. The standard InChI is InChI=1S/C14H20BrN3O2S.HI/c1-10-9-13(10)18-14(16-2)17-7-8-21(19,20)12-5-3-11(15)4-6-12;/h3-6,10,13H,7-9H2,1-2H3,(H2,16,17,18);1H. The van der Waals surface area contributed by atoms with Gasteiger partial charge in [-0.15, -0.1) is 24.0 Å². The van der Waals surface area contributed by atoms with E-state index in [1.54, 1.807) is 31.3 Å². The molecular formula is C14H21BrIN3O2S. The highest BCUT2D eigenvalue weighted by molar-refractivity contribution is 14.0. The molecule has 8 heteroatoms. The number of halogens is 2. The molecule has 1 saturated carbocycles. The second-order valence-electron chi connectivity index (χ2n) is 5.24. The first kappa shape index (κ1) is 19.7. The number of rotatable bonds is 5. The molecule has 22 heavy (non-hydrogen) atoms. The Bertz CT molecular complexity index is 619. The molecule has 0 heterocycles. The topological polar surface area (TPSA) is 70.6 Å². The summed E-state index contributed by atoms with van der Waals surface area (Å²) >= 11 is 3.30. The van der Waals surface area contributed by atoms with Gasteiger partial charge in [0.05, 0.1) is 10.6 Å². The van der Waals surface area contributed by atoms with Crippen LogP contribution in [0.1, 0.15) is 13.3 Å². The second kappa shape index (κ2) is 8.49. The molecule has 2 rings (SSSR count). The highest BCUT2D eigenvalue weighted by atomic mass is 127. The van der Waals surface area contributed by atoms with Crippen LogP contribution in [0, 0.1) is 5.92 Å². The lowest BCUT2D eigenvalue weighted by molar-refractivity contribution is 0.594. The van der Waals surface area contributed by atoms with Gasteiger partial charge in [0.2, 0.25) is 0 Å². The molecule has 2 N–H and O–H groups in total. The molecule has 0 radical (unpaired) electrons. The Hall–Kier alpha value is -0.350. The zero-order chi connectivity index (χ0) is 15.5. The normalized spacial score (nSPS) is 21.0. The van der Waals surface area contributed by atoms with Crippen molar-refractivity contribution in [3.05, 3.63) is 28.7 Å². The van der Waals surface area contributed by atoms with Crippen molar-refractivity contribution in [3.8, 4) is 0 Å². The predicted octanol–water partition coefficient (Wildman–Crippen LogP) is 2.41. The number of guanidine groups is 1. The average Bonchev–Trinajstić information content (AvgIpc) is 3.13. The summed E-state index contributed by atoms with van der Waals surface area (Å²) in [7, 11) is -1.58. The molecule has 0 spiro atoms. The maximum Gasteiger partial charge on any atom is 0.191 e. The van der Waals surface area contributed by atoms with Gasteiger partial charge in [0.25, 0.3) is 0 Å². The van der Waals surface area contributed by atoms with Gasteiger partial charge in [-0.25, -0.2) is 8.42 Å². The Labute approximate surface area is 157 Å². The maximum atomic E-state index is 12.2. The van der Waals surface area contributed by atoms with E-state index in [0.717, 1.165) is 10.9 Å². The third-order valence-corrected chi connectivity index (χ3v) is 5.75. The quantitative estimate of drug-likeness (QED) is 0.369. The highest BCUT2D eigenvalue weighted by Crippen LogP contribution is 2.28. The fraction of sp³-hybridized carbons (Fsp3) is 0.500. The van der Waals surface area contributed by atoms with E-state index in [0.29, 0.717) is 29.4 Å². The maximum absolute atomic E-state index is 12.2. The SMILES string of the molecule is CN=C(NCCS(=O)(=O)c1ccc(Br)cc1)NC1CC1C.I. The molecule has 0 amide bonds. The lowest BCUT2D eigenvalue weighted by atomic mass is 10.4. The lowest BCUT2D eigenvalue weighted by Gasteiger charge is -2.11. The fourth-order valence-corrected chi connectivity index (χ4v) is 3.38. The van der Waals surface area contributed by atoms with Gasteiger partial charge in [0.15, 0.2) is 15.8 Å². The zero-order valence-corrected chi connectivity index (χ0v) is 17.3. The minimum absolute atomic E-state index is 0. The van der Waals surface area contributed by atoms with Gasteiger partial charge in [-0.3, -0.25) is 4.99 Å². The minimum Gasteiger partial charge on any atom is -0.355 e. The van der Waals surface area contributed by atoms with Gasteiger partial charge in [-0.05, 0) is 36.6 Å². The van der Waals surface area contributed by atoms with Crippen molar-refractivity contribution in [2.45, 2.75) is 24.3 Å². The summed E-state index contributed by atoms with van der Waals surface area (Å²) in [6.07, 6.45) is 1.14. The van der Waals surface area contributed by atoms with Crippen LogP contribution in [0.5, 0.6) is 0 Å². The van der Waals surface area contributed by atoms with Crippen molar-refractivity contribution >= 4 is 55.7 Å². The summed E-state index contributed by atoms with van der Waals surface area (Å²) in [5.74, 6) is 1.36. The van der Waals surface area contributed by atoms with Crippen LogP contribution >= 0.6 is 39.9 Å². The predicted molar refractivity (Wildman–Crippen MR) is 104 cm³/mol. The average molecular weight is 502 g/mol. The van der Waals surface area contributed by atoms with Crippen molar-refractivity contribution in [3.63, 3.8) is 0 Å². The Morgan fingerprint density at radius 2 is 1.95 bits per heavy atom. The zero-order valence-electron chi connectivity index (χ0n) is 12.5. The third-order valence-electron chi connectivity index (χ3n) is 3.49. The molecule has 1 aliphatic rings. The van der Waals surface area contributed by atoms with Gasteiger partial charge >= 0.3 is 0 Å². The molecule has 5 nitrogen and oxygen atoms in total. The van der Waals surface area contributed by atoms with Crippen molar-refractivity contribution in [1.29, 1.82) is 0 Å². The molecule has 0 aromatic heterocycles. The van der Waals surface area contributed by atoms with Gasteiger partial charge in [-0.1, -0.05) is 22.9 Å². The monoisotopic (exact) mass is 501 g/mol. The van der Waals surface area contributed by atoms with E-state index in [-0.39, 0.29) is 29.7 Å². The van der Waals surface area contributed by atoms with Gasteiger partial charge in [-0.2, -0.15) is 0 Å². The van der Waals surface area contributed by atoms with Crippen LogP contribution in [0.25, 0.3) is 0 Å². The van der Waals surface area contributed by atoms with Crippen LogP contribution in [-0.4, -0.2) is 39.8 Å². The summed E-state index contributed by atoms with van der Waals surface area (Å²) in [5.41, 5.74) is 0. The van der Waals surface area contributed by atoms with Gasteiger partial charge < -0.3 is 10.6 Å². The van der Waals surface area contributed by atoms with Crippen molar-refractivity contribution in [2.75, 3.05) is 19.3 Å². The van der Waals surface area contributed by atoms with Crippen molar-refractivity contribution in [1.82, 2.24) is 10.6 Å². The molecule has 2 atom stereocenters. The first-order chi connectivity index (χ1) is 9.92. The summed E-state index contributed by atoms with van der Waals surface area (Å²) in [6, 6.07) is 7.14. The summed E-state index contributed by atoms with van der Waals surface area (Å²) in [5, 5.41) is 6.31. The summed E-state index contributed by atoms with van der Waals surface area (Å²) in [4.78, 5) is 4.44. The van der Waals surface area contributed by atoms with Crippen LogP contribution in [0.3, 0.4) is 0 Å². The summed E-state index contributed by atoms with van der Waals surface area (Å²) in [6.45, 7) is 2.50. The molecule has 124 valence electrons. The van der Waals surface area contributed by atoms with Crippen LogP contribution in [0.2, 0.25) is 0 Å². The van der Waals surface area contributed by atoms with E-state index < -0.39 is 9.84 Å². The van der Waals surface area contributed by atoms with Crippen molar-refractivity contribution < 1.29 is 8.42 Å². The Kier molecular flexibility index (Phi) is 7.60. The van der Waals surface area contributed by atoms with E-state index in [1.165, 1.54) is 0 Å². The van der Waals surface area contributed by atoms with Gasteiger partial charge in [0, 0.05) is 24.1 Å². The Morgan fingerprint density at radius 3 is 2.45 bits per heavy atom. The molecule has 0 saturated heterocycles. The van der Waals surface area contributed by atoms with Gasteiger partial charge in [0.1, 0.15) is 0 Å². The second-order valence-corrected chi connectivity index (χ2v) is 8.26. The van der Waals surface area contributed by atoms with Crippen LogP contribution < -0.4 is 10.6 Å². The number of aliphatic imine (C=N–C) groups is 1. The molecule has 1 aliphatic carbocycles. The molecule has 0 aliphatic heterocycles.